The first-order valence-corrected chi connectivity index (χ1v) is 8.51. The Morgan fingerprint density at radius 3 is 2.76 bits per heavy atom. The molecular weight excluding hydrogens is 290 g/mol. The van der Waals surface area contributed by atoms with Gasteiger partial charge in [0.15, 0.2) is 0 Å². The summed E-state index contributed by atoms with van der Waals surface area (Å²) in [5.41, 5.74) is 5.95. The van der Waals surface area contributed by atoms with Gasteiger partial charge in [0.25, 0.3) is 0 Å². The fourth-order valence-corrected chi connectivity index (χ4v) is 3.19. The molecular formula is C14H21N3O3S. The third kappa shape index (κ3) is 4.80. The van der Waals surface area contributed by atoms with Gasteiger partial charge in [-0.15, -0.1) is 0 Å². The fourth-order valence-electron chi connectivity index (χ4n) is 1.84. The molecule has 1 unspecified atom stereocenters. The van der Waals surface area contributed by atoms with E-state index in [0.29, 0.717) is 18.7 Å². The summed E-state index contributed by atoms with van der Waals surface area (Å²) in [6, 6.07) is 6.32. The third-order valence-electron chi connectivity index (χ3n) is 3.26. The van der Waals surface area contributed by atoms with Gasteiger partial charge in [-0.25, -0.2) is 13.1 Å². The average Bonchev–Trinajstić information content (AvgIpc) is 3.22. The Hall–Kier alpha value is -1.44. The van der Waals surface area contributed by atoms with Gasteiger partial charge < -0.3 is 11.1 Å². The van der Waals surface area contributed by atoms with Crippen LogP contribution in [0.25, 0.3) is 0 Å². The quantitative estimate of drug-likeness (QED) is 0.700. The van der Waals surface area contributed by atoms with Crippen molar-refractivity contribution in [1.82, 2.24) is 4.72 Å². The van der Waals surface area contributed by atoms with Gasteiger partial charge in [-0.05, 0) is 43.5 Å². The molecule has 1 atom stereocenters. The first kappa shape index (κ1) is 15.9. The second-order valence-corrected chi connectivity index (χ2v) is 7.23. The Labute approximate surface area is 125 Å². The van der Waals surface area contributed by atoms with E-state index < -0.39 is 10.0 Å². The van der Waals surface area contributed by atoms with E-state index in [1.165, 1.54) is 12.1 Å². The number of carbonyl (C=O) groups is 1. The highest BCUT2D eigenvalue weighted by Crippen LogP contribution is 2.23. The Morgan fingerprint density at radius 2 is 2.14 bits per heavy atom. The molecule has 1 aromatic carbocycles. The van der Waals surface area contributed by atoms with Crippen molar-refractivity contribution >= 4 is 21.6 Å². The van der Waals surface area contributed by atoms with Crippen molar-refractivity contribution in [3.8, 4) is 0 Å². The molecule has 116 valence electrons. The summed E-state index contributed by atoms with van der Waals surface area (Å²) in [5.74, 6) is -0.0777. The molecule has 1 aliphatic carbocycles. The maximum atomic E-state index is 12.1. The minimum absolute atomic E-state index is 0.0543. The standard InChI is InChI=1S/C14H21N3O3S/c1-10(9-15)7-14(18)16-12-3-2-4-13(8-12)21(19,20)17-11-5-6-11/h2-4,8,10-11,17H,5-7,9,15H2,1H3,(H,16,18). The minimum atomic E-state index is -3.50. The van der Waals surface area contributed by atoms with Crippen molar-refractivity contribution < 1.29 is 13.2 Å². The van der Waals surface area contributed by atoms with Crippen LogP contribution < -0.4 is 15.8 Å². The molecule has 1 fully saturated rings. The lowest BCUT2D eigenvalue weighted by Crippen LogP contribution is -2.26. The highest BCUT2D eigenvalue weighted by Gasteiger charge is 2.28. The zero-order chi connectivity index (χ0) is 15.5. The Kier molecular flexibility index (Phi) is 4.97. The van der Waals surface area contributed by atoms with Gasteiger partial charge >= 0.3 is 0 Å². The molecule has 0 aliphatic heterocycles. The average molecular weight is 311 g/mol. The molecule has 0 aromatic heterocycles. The van der Waals surface area contributed by atoms with Gasteiger partial charge in [0, 0.05) is 18.2 Å². The summed E-state index contributed by atoms with van der Waals surface area (Å²) in [4.78, 5) is 12.0. The third-order valence-corrected chi connectivity index (χ3v) is 4.78. The maximum absolute atomic E-state index is 12.1. The second kappa shape index (κ2) is 6.55. The van der Waals surface area contributed by atoms with Crippen LogP contribution >= 0.6 is 0 Å². The maximum Gasteiger partial charge on any atom is 0.240 e. The molecule has 7 heteroatoms. The normalized spacial score (nSPS) is 16.5. The van der Waals surface area contributed by atoms with Crippen molar-refractivity contribution in [2.24, 2.45) is 11.7 Å². The van der Waals surface area contributed by atoms with E-state index in [4.69, 9.17) is 5.73 Å². The van der Waals surface area contributed by atoms with E-state index >= 15 is 0 Å². The van der Waals surface area contributed by atoms with E-state index in [2.05, 4.69) is 10.0 Å². The first-order valence-electron chi connectivity index (χ1n) is 7.03. The van der Waals surface area contributed by atoms with Gasteiger partial charge in [-0.3, -0.25) is 4.79 Å². The molecule has 0 bridgehead atoms. The molecule has 0 saturated heterocycles. The molecule has 1 saturated carbocycles. The van der Waals surface area contributed by atoms with Gasteiger partial charge in [0.1, 0.15) is 0 Å². The molecule has 21 heavy (non-hydrogen) atoms. The van der Waals surface area contributed by atoms with Crippen LogP contribution in [0.3, 0.4) is 0 Å². The zero-order valence-corrected chi connectivity index (χ0v) is 12.8. The summed E-state index contributed by atoms with van der Waals surface area (Å²) in [7, 11) is -3.50. The van der Waals surface area contributed by atoms with Gasteiger partial charge in [-0.1, -0.05) is 13.0 Å². The van der Waals surface area contributed by atoms with E-state index in [9.17, 15) is 13.2 Å². The lowest BCUT2D eigenvalue weighted by molar-refractivity contribution is -0.116. The number of hydrogen-bond donors (Lipinski definition) is 3. The van der Waals surface area contributed by atoms with Crippen LogP contribution in [0.1, 0.15) is 26.2 Å². The molecule has 0 radical (unpaired) electrons. The van der Waals surface area contributed by atoms with Crippen LogP contribution in [0.2, 0.25) is 0 Å². The van der Waals surface area contributed by atoms with Crippen LogP contribution in [0, 0.1) is 5.92 Å². The second-order valence-electron chi connectivity index (χ2n) is 5.52. The van der Waals surface area contributed by atoms with Crippen molar-refractivity contribution in [3.05, 3.63) is 24.3 Å². The van der Waals surface area contributed by atoms with Crippen molar-refractivity contribution in [1.29, 1.82) is 0 Å². The van der Waals surface area contributed by atoms with Crippen LogP contribution in [-0.4, -0.2) is 26.9 Å². The number of amides is 1. The number of rotatable bonds is 7. The number of nitrogens with two attached hydrogens (primary N) is 1. The van der Waals surface area contributed by atoms with Gasteiger partial charge in [0.05, 0.1) is 4.90 Å². The number of benzene rings is 1. The van der Waals surface area contributed by atoms with E-state index in [1.807, 2.05) is 6.92 Å². The molecule has 0 heterocycles. The smallest absolute Gasteiger partial charge is 0.240 e. The fraction of sp³-hybridized carbons (Fsp3) is 0.500. The summed E-state index contributed by atoms with van der Waals surface area (Å²) >= 11 is 0. The van der Waals surface area contributed by atoms with Crippen LogP contribution in [0.15, 0.2) is 29.2 Å². The number of carbonyl (C=O) groups excluding carboxylic acids is 1. The van der Waals surface area contributed by atoms with Crippen molar-refractivity contribution in [3.63, 3.8) is 0 Å². The van der Waals surface area contributed by atoms with Gasteiger partial charge in [-0.2, -0.15) is 0 Å². The lowest BCUT2D eigenvalue weighted by Gasteiger charge is -2.11. The number of hydrogen-bond acceptors (Lipinski definition) is 4. The SMILES string of the molecule is CC(CN)CC(=O)Nc1cccc(S(=O)(=O)NC2CC2)c1. The lowest BCUT2D eigenvalue weighted by atomic mass is 10.1. The van der Waals surface area contributed by atoms with E-state index in [0.717, 1.165) is 12.8 Å². The van der Waals surface area contributed by atoms with Crippen molar-refractivity contribution in [2.45, 2.75) is 37.1 Å². The Balaban J connectivity index is 2.05. The Morgan fingerprint density at radius 1 is 1.43 bits per heavy atom. The predicted molar refractivity (Wildman–Crippen MR) is 81.3 cm³/mol. The summed E-state index contributed by atoms with van der Waals surface area (Å²) in [5, 5.41) is 2.70. The molecule has 1 aromatic rings. The monoisotopic (exact) mass is 311 g/mol. The van der Waals surface area contributed by atoms with E-state index in [-0.39, 0.29) is 22.8 Å². The van der Waals surface area contributed by atoms with E-state index in [1.54, 1.807) is 12.1 Å². The minimum Gasteiger partial charge on any atom is -0.330 e. The van der Waals surface area contributed by atoms with Crippen LogP contribution in [-0.2, 0) is 14.8 Å². The van der Waals surface area contributed by atoms with Crippen molar-refractivity contribution in [2.75, 3.05) is 11.9 Å². The largest absolute Gasteiger partial charge is 0.330 e. The number of sulfonamides is 1. The number of nitrogens with one attached hydrogen (secondary N) is 2. The highest BCUT2D eigenvalue weighted by molar-refractivity contribution is 7.89. The first-order chi connectivity index (χ1) is 9.90. The topological polar surface area (TPSA) is 101 Å². The Bertz CT molecular complexity index is 612. The van der Waals surface area contributed by atoms with Crippen LogP contribution in [0.4, 0.5) is 5.69 Å². The summed E-state index contributed by atoms with van der Waals surface area (Å²) in [6.07, 6.45) is 2.08. The molecule has 4 N–H and O–H groups in total. The van der Waals surface area contributed by atoms with Crippen LogP contribution in [0.5, 0.6) is 0 Å². The molecule has 1 aliphatic rings. The summed E-state index contributed by atoms with van der Waals surface area (Å²) in [6.45, 7) is 2.33. The molecule has 1 amide bonds. The van der Waals surface area contributed by atoms with Gasteiger partial charge in [0.2, 0.25) is 15.9 Å². The molecule has 0 spiro atoms. The summed E-state index contributed by atoms with van der Waals surface area (Å²) < 4.78 is 26.8. The molecule has 6 nitrogen and oxygen atoms in total. The zero-order valence-electron chi connectivity index (χ0n) is 12.0. The number of anilines is 1. The predicted octanol–water partition coefficient (Wildman–Crippen LogP) is 1.05. The highest BCUT2D eigenvalue weighted by atomic mass is 32.2. The molecule has 2 rings (SSSR count).